The Balaban J connectivity index is 1.38. The molecule has 7 nitrogen and oxygen atoms in total. The SMILES string of the molecule is CSc1ncc2cc(-c3ccccc3)c(-c3ccc(CCCc4ccc([N+](=O)[O-])cn4)cc3)nc2n1. The first-order chi connectivity index (χ1) is 17.6. The van der Waals surface area contributed by atoms with Crippen molar-refractivity contribution in [3.05, 3.63) is 107 Å². The monoisotopic (exact) mass is 493 g/mol. The number of aryl methyl sites for hydroxylation is 2. The largest absolute Gasteiger partial charge is 0.287 e. The molecule has 0 atom stereocenters. The molecule has 36 heavy (non-hydrogen) atoms. The number of hydrogen-bond donors (Lipinski definition) is 0. The lowest BCUT2D eigenvalue weighted by Gasteiger charge is -2.12. The lowest BCUT2D eigenvalue weighted by Crippen LogP contribution is -1.96. The van der Waals surface area contributed by atoms with Crippen molar-refractivity contribution in [1.29, 1.82) is 0 Å². The smallest absolute Gasteiger partial charge is 0.258 e. The molecule has 2 aromatic carbocycles. The van der Waals surface area contributed by atoms with Gasteiger partial charge in [-0.3, -0.25) is 15.1 Å². The summed E-state index contributed by atoms with van der Waals surface area (Å²) in [6.07, 6.45) is 7.67. The van der Waals surface area contributed by atoms with Gasteiger partial charge in [-0.05, 0) is 48.8 Å². The molecule has 0 aliphatic carbocycles. The summed E-state index contributed by atoms with van der Waals surface area (Å²) in [5.74, 6) is 0. The molecule has 0 spiro atoms. The quantitative estimate of drug-likeness (QED) is 0.105. The lowest BCUT2D eigenvalue weighted by atomic mass is 9.97. The Bertz CT molecular complexity index is 1510. The minimum absolute atomic E-state index is 0.0163. The number of benzene rings is 2. The van der Waals surface area contributed by atoms with E-state index in [-0.39, 0.29) is 5.69 Å². The van der Waals surface area contributed by atoms with Crippen LogP contribution in [0.25, 0.3) is 33.4 Å². The van der Waals surface area contributed by atoms with E-state index in [2.05, 4.69) is 57.4 Å². The van der Waals surface area contributed by atoms with Crippen LogP contribution in [0.2, 0.25) is 0 Å². The average molecular weight is 494 g/mol. The fourth-order valence-electron chi connectivity index (χ4n) is 4.08. The van der Waals surface area contributed by atoms with Crippen molar-refractivity contribution in [3.8, 4) is 22.4 Å². The number of nitro groups is 1. The molecule has 0 amide bonds. The highest BCUT2D eigenvalue weighted by Crippen LogP contribution is 2.33. The average Bonchev–Trinajstić information content (AvgIpc) is 2.93. The normalized spacial score (nSPS) is 11.0. The maximum atomic E-state index is 10.8. The maximum absolute atomic E-state index is 10.8. The first-order valence-corrected chi connectivity index (χ1v) is 12.8. The predicted molar refractivity (Wildman–Crippen MR) is 143 cm³/mol. The summed E-state index contributed by atoms with van der Waals surface area (Å²) < 4.78 is 0. The molecule has 0 unspecified atom stereocenters. The molecule has 0 fully saturated rings. The molecule has 178 valence electrons. The third-order valence-electron chi connectivity index (χ3n) is 5.96. The maximum Gasteiger partial charge on any atom is 0.287 e. The van der Waals surface area contributed by atoms with Gasteiger partial charge in [0.25, 0.3) is 5.69 Å². The highest BCUT2D eigenvalue weighted by molar-refractivity contribution is 7.98. The Morgan fingerprint density at radius 1 is 0.861 bits per heavy atom. The molecule has 5 rings (SSSR count). The van der Waals surface area contributed by atoms with Crippen molar-refractivity contribution < 1.29 is 4.92 Å². The summed E-state index contributed by atoms with van der Waals surface area (Å²) in [6.45, 7) is 0. The molecule has 5 aromatic rings. The molecular formula is C28H23N5O2S. The summed E-state index contributed by atoms with van der Waals surface area (Å²) in [7, 11) is 0. The van der Waals surface area contributed by atoms with E-state index in [0.29, 0.717) is 10.8 Å². The number of thioether (sulfide) groups is 1. The summed E-state index contributed by atoms with van der Waals surface area (Å²) in [6, 6.07) is 24.1. The molecule has 0 saturated heterocycles. The fourth-order valence-corrected chi connectivity index (χ4v) is 4.42. The third-order valence-corrected chi connectivity index (χ3v) is 6.52. The number of aromatic nitrogens is 4. The second kappa shape index (κ2) is 10.6. The number of pyridine rings is 2. The van der Waals surface area contributed by atoms with E-state index in [1.165, 1.54) is 29.6 Å². The molecule has 0 radical (unpaired) electrons. The Kier molecular flexibility index (Phi) is 6.95. The number of rotatable bonds is 8. The van der Waals surface area contributed by atoms with Gasteiger partial charge in [-0.1, -0.05) is 66.4 Å². The van der Waals surface area contributed by atoms with Crippen LogP contribution in [-0.2, 0) is 12.8 Å². The first kappa shape index (κ1) is 23.6. The van der Waals surface area contributed by atoms with E-state index in [0.717, 1.165) is 52.7 Å². The lowest BCUT2D eigenvalue weighted by molar-refractivity contribution is -0.385. The number of nitrogens with zero attached hydrogens (tertiary/aromatic N) is 5. The van der Waals surface area contributed by atoms with Gasteiger partial charge in [0.05, 0.1) is 10.6 Å². The van der Waals surface area contributed by atoms with Crippen LogP contribution < -0.4 is 0 Å². The number of fused-ring (bicyclic) bond motifs is 1. The molecule has 0 N–H and O–H groups in total. The van der Waals surface area contributed by atoms with Crippen LogP contribution >= 0.6 is 11.8 Å². The van der Waals surface area contributed by atoms with Gasteiger partial charge in [-0.25, -0.2) is 15.0 Å². The van der Waals surface area contributed by atoms with Crippen molar-refractivity contribution in [3.63, 3.8) is 0 Å². The zero-order valence-corrected chi connectivity index (χ0v) is 20.5. The Hall–Kier alpha value is -4.17. The molecule has 0 saturated carbocycles. The molecule has 0 aliphatic heterocycles. The predicted octanol–water partition coefficient (Wildman–Crippen LogP) is 6.56. The zero-order chi connectivity index (χ0) is 24.9. The van der Waals surface area contributed by atoms with Crippen molar-refractivity contribution in [2.75, 3.05) is 6.26 Å². The Morgan fingerprint density at radius 2 is 1.67 bits per heavy atom. The summed E-state index contributed by atoms with van der Waals surface area (Å²) in [5.41, 5.74) is 6.83. The first-order valence-electron chi connectivity index (χ1n) is 11.6. The van der Waals surface area contributed by atoms with Gasteiger partial charge >= 0.3 is 0 Å². The second-order valence-electron chi connectivity index (χ2n) is 8.34. The van der Waals surface area contributed by atoms with E-state index >= 15 is 0 Å². The van der Waals surface area contributed by atoms with Gasteiger partial charge in [0.1, 0.15) is 6.20 Å². The van der Waals surface area contributed by atoms with Gasteiger partial charge in [0.15, 0.2) is 10.8 Å². The van der Waals surface area contributed by atoms with Gasteiger partial charge in [-0.15, -0.1) is 0 Å². The second-order valence-corrected chi connectivity index (χ2v) is 9.11. The van der Waals surface area contributed by atoms with Crippen LogP contribution in [-0.4, -0.2) is 31.1 Å². The summed E-state index contributed by atoms with van der Waals surface area (Å²) in [5, 5.41) is 12.4. The van der Waals surface area contributed by atoms with Crippen LogP contribution in [0.4, 0.5) is 5.69 Å². The van der Waals surface area contributed by atoms with Crippen LogP contribution in [0.3, 0.4) is 0 Å². The van der Waals surface area contributed by atoms with Gasteiger partial charge in [-0.2, -0.15) is 0 Å². The molecule has 8 heteroatoms. The van der Waals surface area contributed by atoms with Crippen LogP contribution in [0.1, 0.15) is 17.7 Å². The van der Waals surface area contributed by atoms with Crippen LogP contribution in [0.15, 0.2) is 90.3 Å². The minimum atomic E-state index is -0.430. The fraction of sp³-hybridized carbons (Fsp3) is 0.143. The van der Waals surface area contributed by atoms with E-state index in [1.807, 2.05) is 30.7 Å². The standard InChI is InChI=1S/C28H23N5O2S/c1-36-28-30-17-22-16-25(20-7-3-2-4-8-20)26(31-27(22)32-28)21-12-10-19(11-13-21)6-5-9-23-14-15-24(18-29-23)33(34)35/h2-4,7-8,10-18H,5-6,9H2,1H3. The van der Waals surface area contributed by atoms with Gasteiger partial charge in [0.2, 0.25) is 0 Å². The van der Waals surface area contributed by atoms with E-state index in [1.54, 1.807) is 6.07 Å². The zero-order valence-electron chi connectivity index (χ0n) is 19.7. The highest BCUT2D eigenvalue weighted by atomic mass is 32.2. The van der Waals surface area contributed by atoms with Crippen LogP contribution in [0, 0.1) is 10.1 Å². The minimum Gasteiger partial charge on any atom is -0.258 e. The topological polar surface area (TPSA) is 94.7 Å². The van der Waals surface area contributed by atoms with E-state index < -0.39 is 4.92 Å². The van der Waals surface area contributed by atoms with Crippen molar-refractivity contribution in [2.45, 2.75) is 24.4 Å². The third kappa shape index (κ3) is 5.23. The molecule has 0 bridgehead atoms. The summed E-state index contributed by atoms with van der Waals surface area (Å²) >= 11 is 1.50. The van der Waals surface area contributed by atoms with E-state index in [9.17, 15) is 10.1 Å². The molecular weight excluding hydrogens is 470 g/mol. The molecule has 3 aromatic heterocycles. The molecule has 0 aliphatic rings. The van der Waals surface area contributed by atoms with Crippen molar-refractivity contribution >= 4 is 28.5 Å². The highest BCUT2D eigenvalue weighted by Gasteiger charge is 2.13. The Labute approximate surface area is 212 Å². The van der Waals surface area contributed by atoms with Crippen LogP contribution in [0.5, 0.6) is 0 Å². The van der Waals surface area contributed by atoms with Gasteiger partial charge < -0.3 is 0 Å². The van der Waals surface area contributed by atoms with E-state index in [4.69, 9.17) is 4.98 Å². The van der Waals surface area contributed by atoms with Crippen molar-refractivity contribution in [1.82, 2.24) is 19.9 Å². The summed E-state index contributed by atoms with van der Waals surface area (Å²) in [4.78, 5) is 28.5. The number of hydrogen-bond acceptors (Lipinski definition) is 7. The molecule has 3 heterocycles. The van der Waals surface area contributed by atoms with Gasteiger partial charge in [0, 0.05) is 34.5 Å². The Morgan fingerprint density at radius 3 is 2.36 bits per heavy atom. The van der Waals surface area contributed by atoms with Crippen molar-refractivity contribution in [2.24, 2.45) is 0 Å².